The number of aliphatic hydroxyl groups is 2. The Hall–Kier alpha value is -1.34. The van der Waals surface area contributed by atoms with E-state index in [4.69, 9.17) is 9.47 Å². The van der Waals surface area contributed by atoms with Gasteiger partial charge in [-0.15, -0.1) is 0 Å². The van der Waals surface area contributed by atoms with Crippen LogP contribution in [0.3, 0.4) is 0 Å². The number of benzene rings is 1. The van der Waals surface area contributed by atoms with E-state index in [0.29, 0.717) is 29.5 Å². The average molecular weight is 296 g/mol. The predicted molar refractivity (Wildman–Crippen MR) is 72.8 cm³/mol. The van der Waals surface area contributed by atoms with Gasteiger partial charge in [0.2, 0.25) is 5.79 Å². The Kier molecular flexibility index (Phi) is 3.37. The summed E-state index contributed by atoms with van der Waals surface area (Å²) in [5, 5.41) is 40.8. The summed E-state index contributed by atoms with van der Waals surface area (Å²) in [6.07, 6.45) is -1.27. The molecule has 21 heavy (non-hydrogen) atoms. The van der Waals surface area contributed by atoms with Gasteiger partial charge in [-0.2, -0.15) is 0 Å². The second-order valence-corrected chi connectivity index (χ2v) is 5.87. The van der Waals surface area contributed by atoms with E-state index in [2.05, 4.69) is 0 Å². The highest BCUT2D eigenvalue weighted by atomic mass is 16.7. The van der Waals surface area contributed by atoms with Crippen LogP contribution in [0.1, 0.15) is 42.6 Å². The molecule has 1 spiro atoms. The van der Waals surface area contributed by atoms with Crippen LogP contribution in [0.4, 0.5) is 0 Å². The Morgan fingerprint density at radius 3 is 2.67 bits per heavy atom. The van der Waals surface area contributed by atoms with E-state index < -0.39 is 18.0 Å². The van der Waals surface area contributed by atoms with E-state index in [-0.39, 0.29) is 24.2 Å². The van der Waals surface area contributed by atoms with Crippen molar-refractivity contribution in [3.63, 3.8) is 0 Å². The molecule has 1 fully saturated rings. The van der Waals surface area contributed by atoms with Crippen LogP contribution in [0.2, 0.25) is 0 Å². The number of aromatic hydroxyl groups is 2. The summed E-state index contributed by atoms with van der Waals surface area (Å²) in [5.74, 6) is -1.75. The van der Waals surface area contributed by atoms with Crippen LogP contribution in [0.5, 0.6) is 11.5 Å². The minimum Gasteiger partial charge on any atom is -0.508 e. The van der Waals surface area contributed by atoms with Crippen LogP contribution in [-0.2, 0) is 16.1 Å². The maximum absolute atomic E-state index is 10.6. The number of aliphatic hydroxyl groups excluding tert-OH is 2. The molecule has 3 rings (SSSR count). The molecular weight excluding hydrogens is 276 g/mol. The molecule has 0 saturated carbocycles. The van der Waals surface area contributed by atoms with Crippen LogP contribution in [0.25, 0.3) is 0 Å². The van der Waals surface area contributed by atoms with Gasteiger partial charge in [-0.1, -0.05) is 0 Å². The number of phenolic OH excluding ortho intramolecular Hbond substituents is 2. The highest BCUT2D eigenvalue weighted by Crippen LogP contribution is 2.48. The molecule has 1 saturated heterocycles. The summed E-state index contributed by atoms with van der Waals surface area (Å²) in [7, 11) is 0. The first kappa shape index (κ1) is 14.6. The maximum Gasteiger partial charge on any atom is 0.226 e. The Morgan fingerprint density at radius 2 is 1.95 bits per heavy atom. The van der Waals surface area contributed by atoms with Crippen molar-refractivity contribution in [1.29, 1.82) is 0 Å². The number of hydrogen-bond donors (Lipinski definition) is 4. The zero-order chi connectivity index (χ0) is 15.4. The molecule has 116 valence electrons. The third-order valence-corrected chi connectivity index (χ3v) is 4.48. The van der Waals surface area contributed by atoms with Crippen molar-refractivity contribution in [2.24, 2.45) is 0 Å². The van der Waals surface area contributed by atoms with Crippen molar-refractivity contribution in [3.8, 4) is 11.5 Å². The second-order valence-electron chi connectivity index (χ2n) is 5.87. The van der Waals surface area contributed by atoms with Crippen LogP contribution in [-0.4, -0.2) is 38.4 Å². The number of fused-ring (bicyclic) bond motifs is 1. The molecule has 2 aliphatic rings. The average Bonchev–Trinajstić information content (AvgIpc) is 2.45. The van der Waals surface area contributed by atoms with Gasteiger partial charge in [0.15, 0.2) is 0 Å². The Morgan fingerprint density at radius 1 is 1.24 bits per heavy atom. The van der Waals surface area contributed by atoms with Crippen molar-refractivity contribution in [1.82, 2.24) is 0 Å². The lowest BCUT2D eigenvalue weighted by Gasteiger charge is -2.48. The monoisotopic (exact) mass is 296 g/mol. The standard InChI is InChI=1S/C15H20O6/c1-7-3-4-12(17)15(21-7)14(19)9-5-11(16)8(2)13(18)10(9)6-20-15/h5,7,12,14,16-19H,3-4,6H2,1-2H3. The summed E-state index contributed by atoms with van der Waals surface area (Å²) in [6.45, 7) is 3.43. The molecule has 0 radical (unpaired) electrons. The molecule has 4 unspecified atom stereocenters. The first-order chi connectivity index (χ1) is 9.86. The van der Waals surface area contributed by atoms with Crippen molar-refractivity contribution < 1.29 is 29.9 Å². The van der Waals surface area contributed by atoms with Crippen molar-refractivity contribution in [2.45, 2.75) is 57.4 Å². The van der Waals surface area contributed by atoms with Crippen molar-refractivity contribution >= 4 is 0 Å². The van der Waals surface area contributed by atoms with Crippen LogP contribution in [0, 0.1) is 6.92 Å². The summed E-state index contributed by atoms with van der Waals surface area (Å²) < 4.78 is 11.4. The van der Waals surface area contributed by atoms with E-state index in [0.717, 1.165) is 0 Å². The minimum atomic E-state index is -1.54. The molecule has 0 amide bonds. The molecule has 0 aromatic heterocycles. The Bertz CT molecular complexity index is 572. The van der Waals surface area contributed by atoms with Gasteiger partial charge in [0.05, 0.1) is 12.7 Å². The predicted octanol–water partition coefficient (Wildman–Crippen LogP) is 1.23. The third-order valence-electron chi connectivity index (χ3n) is 4.48. The van der Waals surface area contributed by atoms with Crippen LogP contribution in [0.15, 0.2) is 6.07 Å². The van der Waals surface area contributed by atoms with Gasteiger partial charge in [-0.3, -0.25) is 0 Å². The molecular formula is C15H20O6. The van der Waals surface area contributed by atoms with E-state index in [9.17, 15) is 20.4 Å². The van der Waals surface area contributed by atoms with E-state index in [1.54, 1.807) is 6.92 Å². The maximum atomic E-state index is 10.6. The molecule has 1 aromatic rings. The van der Waals surface area contributed by atoms with Crippen LogP contribution >= 0.6 is 0 Å². The number of hydrogen-bond acceptors (Lipinski definition) is 6. The first-order valence-electron chi connectivity index (χ1n) is 7.09. The first-order valence-corrected chi connectivity index (χ1v) is 7.09. The SMILES string of the molecule is Cc1c(O)cc2c(c1O)COC1(OC(C)CCC1O)C2O. The summed E-state index contributed by atoms with van der Waals surface area (Å²) >= 11 is 0. The fraction of sp³-hybridized carbons (Fsp3) is 0.600. The smallest absolute Gasteiger partial charge is 0.226 e. The largest absolute Gasteiger partial charge is 0.508 e. The molecule has 4 atom stereocenters. The van der Waals surface area contributed by atoms with Gasteiger partial charge in [0.25, 0.3) is 0 Å². The third kappa shape index (κ3) is 2.02. The zero-order valence-electron chi connectivity index (χ0n) is 12.0. The number of rotatable bonds is 0. The highest BCUT2D eigenvalue weighted by molar-refractivity contribution is 5.53. The summed E-state index contributed by atoms with van der Waals surface area (Å²) in [5.41, 5.74) is 1.08. The molecule has 6 heteroatoms. The summed E-state index contributed by atoms with van der Waals surface area (Å²) in [4.78, 5) is 0. The lowest BCUT2D eigenvalue weighted by Crippen LogP contribution is -2.58. The molecule has 0 aliphatic carbocycles. The molecule has 2 heterocycles. The van der Waals surface area contributed by atoms with E-state index in [1.807, 2.05) is 6.92 Å². The molecule has 0 bridgehead atoms. The fourth-order valence-corrected chi connectivity index (χ4v) is 3.13. The Labute approximate surface area is 122 Å². The van der Waals surface area contributed by atoms with Crippen molar-refractivity contribution in [3.05, 3.63) is 22.8 Å². The normalized spacial score (nSPS) is 35.7. The van der Waals surface area contributed by atoms with Gasteiger partial charge in [0, 0.05) is 11.1 Å². The molecule has 2 aliphatic heterocycles. The van der Waals surface area contributed by atoms with Gasteiger partial charge < -0.3 is 29.9 Å². The van der Waals surface area contributed by atoms with Gasteiger partial charge in [0.1, 0.15) is 23.7 Å². The van der Waals surface area contributed by atoms with Gasteiger partial charge in [-0.05, 0) is 38.3 Å². The second kappa shape index (κ2) is 4.84. The lowest BCUT2D eigenvalue weighted by atomic mass is 9.85. The van der Waals surface area contributed by atoms with Crippen LogP contribution < -0.4 is 0 Å². The summed E-state index contributed by atoms with van der Waals surface area (Å²) in [6, 6.07) is 1.40. The number of ether oxygens (including phenoxy) is 2. The van der Waals surface area contributed by atoms with Gasteiger partial charge in [-0.25, -0.2) is 0 Å². The molecule has 4 N–H and O–H groups in total. The quantitative estimate of drug-likeness (QED) is 0.574. The molecule has 6 nitrogen and oxygen atoms in total. The topological polar surface area (TPSA) is 99.4 Å². The highest BCUT2D eigenvalue weighted by Gasteiger charge is 2.54. The molecule has 1 aromatic carbocycles. The van der Waals surface area contributed by atoms with E-state index in [1.165, 1.54) is 6.07 Å². The fourth-order valence-electron chi connectivity index (χ4n) is 3.13. The van der Waals surface area contributed by atoms with Crippen molar-refractivity contribution in [2.75, 3.05) is 0 Å². The lowest BCUT2D eigenvalue weighted by molar-refractivity contribution is -0.365. The van der Waals surface area contributed by atoms with E-state index >= 15 is 0 Å². The Balaban J connectivity index is 2.08. The zero-order valence-corrected chi connectivity index (χ0v) is 12.0. The number of phenols is 2. The van der Waals surface area contributed by atoms with Gasteiger partial charge >= 0.3 is 0 Å². The minimum absolute atomic E-state index is 0.00310.